The number of hydrogen-bond acceptors (Lipinski definition) is 5. The van der Waals surface area contributed by atoms with Crippen LogP contribution in [0.2, 0.25) is 0 Å². The number of H-pyrrole nitrogens is 1. The lowest BCUT2D eigenvalue weighted by molar-refractivity contribution is 0.0624. The normalized spacial score (nSPS) is 16.1. The van der Waals surface area contributed by atoms with Crippen LogP contribution in [0.3, 0.4) is 0 Å². The number of fused-ring (bicyclic) bond motifs is 1. The Morgan fingerprint density at radius 3 is 2.72 bits per heavy atom. The Labute approximate surface area is 210 Å². The Kier molecular flexibility index (Phi) is 7.09. The van der Waals surface area contributed by atoms with E-state index in [1.54, 1.807) is 24.3 Å². The second-order valence-corrected chi connectivity index (χ2v) is 9.18. The number of amides is 1. The maximum atomic E-state index is 14.1. The van der Waals surface area contributed by atoms with Crippen LogP contribution in [0.15, 0.2) is 60.7 Å². The number of aromatic hydroxyl groups is 1. The molecule has 1 atom stereocenters. The van der Waals surface area contributed by atoms with Crippen molar-refractivity contribution in [1.29, 1.82) is 0 Å². The number of benzene rings is 2. The molecule has 7 nitrogen and oxygen atoms in total. The molecule has 1 amide bonds. The molecule has 5 rings (SSSR count). The number of nitrogens with zero attached hydrogens (tertiary/aromatic N) is 3. The summed E-state index contributed by atoms with van der Waals surface area (Å²) in [6.45, 7) is 4.42. The third-order valence-electron chi connectivity index (χ3n) is 6.69. The molecule has 36 heavy (non-hydrogen) atoms. The van der Waals surface area contributed by atoms with Crippen molar-refractivity contribution in [3.8, 4) is 17.0 Å². The molecule has 184 valence electrons. The maximum absolute atomic E-state index is 14.1. The third-order valence-corrected chi connectivity index (χ3v) is 6.69. The van der Waals surface area contributed by atoms with E-state index in [0.717, 1.165) is 48.9 Å². The van der Waals surface area contributed by atoms with Gasteiger partial charge in [0.2, 0.25) is 0 Å². The lowest BCUT2D eigenvalue weighted by Gasteiger charge is -2.36. The van der Waals surface area contributed by atoms with Gasteiger partial charge >= 0.3 is 0 Å². The van der Waals surface area contributed by atoms with Crippen molar-refractivity contribution in [2.45, 2.75) is 32.2 Å². The van der Waals surface area contributed by atoms with Gasteiger partial charge in [0.1, 0.15) is 5.75 Å². The monoisotopic (exact) mass is 481 g/mol. The van der Waals surface area contributed by atoms with Crippen LogP contribution in [0.25, 0.3) is 34.4 Å². The molecule has 0 unspecified atom stereocenters. The van der Waals surface area contributed by atoms with Crippen LogP contribution >= 0.6 is 0 Å². The third kappa shape index (κ3) is 5.02. The van der Waals surface area contributed by atoms with Gasteiger partial charge in [0, 0.05) is 31.2 Å². The zero-order chi connectivity index (χ0) is 24.9. The van der Waals surface area contributed by atoms with E-state index in [0.29, 0.717) is 29.1 Å². The van der Waals surface area contributed by atoms with Gasteiger partial charge in [-0.05, 0) is 48.4 Å². The number of aromatic amines is 1. The van der Waals surface area contributed by atoms with Gasteiger partial charge in [-0.15, -0.1) is 0 Å². The first-order chi connectivity index (χ1) is 17.6. The smallest absolute Gasteiger partial charge is 0.255 e. The first-order valence-electron chi connectivity index (χ1n) is 12.6. The van der Waals surface area contributed by atoms with Gasteiger partial charge in [0.05, 0.1) is 22.3 Å². The highest BCUT2D eigenvalue weighted by Crippen LogP contribution is 2.30. The van der Waals surface area contributed by atoms with Crippen molar-refractivity contribution in [1.82, 2.24) is 25.4 Å². The highest BCUT2D eigenvalue weighted by Gasteiger charge is 2.29. The lowest BCUT2D eigenvalue weighted by atomic mass is 10.0. The molecule has 7 heteroatoms. The minimum atomic E-state index is 0.000734. The summed E-state index contributed by atoms with van der Waals surface area (Å²) in [6.07, 6.45) is 7.07. The van der Waals surface area contributed by atoms with Crippen LogP contribution in [-0.4, -0.2) is 56.8 Å². The standard InChI is InChI=1S/C29H31N5O2/c1-2-3-9-22-19-30-16-17-34(22)29(36)24-18-26(21-11-13-23(35)14-12-21)31-28-27(24)25(32-33-28)15-10-20-7-5-4-6-8-20/h4-8,10-15,18,22,30,35H,2-3,9,16-17,19H2,1H3,(H,31,32,33)/b15-10+/t22-/m0/s1. The quantitative estimate of drug-likeness (QED) is 0.341. The fraction of sp³-hybridized carbons (Fsp3) is 0.276. The Morgan fingerprint density at radius 1 is 1.14 bits per heavy atom. The Hall–Kier alpha value is -3.97. The summed E-state index contributed by atoms with van der Waals surface area (Å²) >= 11 is 0. The second kappa shape index (κ2) is 10.7. The molecular weight excluding hydrogens is 450 g/mol. The molecule has 2 aromatic carbocycles. The Bertz CT molecular complexity index is 1360. The average molecular weight is 482 g/mol. The molecule has 3 heterocycles. The predicted molar refractivity (Wildman–Crippen MR) is 144 cm³/mol. The van der Waals surface area contributed by atoms with Crippen LogP contribution in [0.5, 0.6) is 5.75 Å². The van der Waals surface area contributed by atoms with Crippen molar-refractivity contribution in [3.63, 3.8) is 0 Å². The second-order valence-electron chi connectivity index (χ2n) is 9.18. The molecule has 1 aliphatic rings. The number of aromatic nitrogens is 3. The largest absolute Gasteiger partial charge is 0.508 e. The Balaban J connectivity index is 1.61. The van der Waals surface area contributed by atoms with Gasteiger partial charge in [0.25, 0.3) is 5.91 Å². The number of carbonyl (C=O) groups is 1. The molecule has 0 aliphatic carbocycles. The molecule has 0 saturated carbocycles. The molecule has 1 aliphatic heterocycles. The molecule has 1 fully saturated rings. The van der Waals surface area contributed by atoms with E-state index in [-0.39, 0.29) is 17.7 Å². The number of rotatable bonds is 7. The summed E-state index contributed by atoms with van der Waals surface area (Å²) in [6, 6.07) is 18.9. The SMILES string of the molecule is CCCC[C@H]1CNCCN1C(=O)c1cc(-c2ccc(O)cc2)nc2[nH]nc(/C=C/c3ccccc3)c12. The fourth-order valence-electron chi connectivity index (χ4n) is 4.74. The minimum absolute atomic E-state index is 0.000734. The van der Waals surface area contributed by atoms with Crippen molar-refractivity contribution in [2.24, 2.45) is 0 Å². The zero-order valence-electron chi connectivity index (χ0n) is 20.4. The summed E-state index contributed by atoms with van der Waals surface area (Å²) in [5.74, 6) is 0.186. The van der Waals surface area contributed by atoms with Crippen molar-refractivity contribution in [2.75, 3.05) is 19.6 Å². The van der Waals surface area contributed by atoms with E-state index in [1.807, 2.05) is 53.5 Å². The summed E-state index contributed by atoms with van der Waals surface area (Å²) in [5.41, 5.74) is 4.37. The lowest BCUT2D eigenvalue weighted by Crippen LogP contribution is -2.53. The van der Waals surface area contributed by atoms with Crippen LogP contribution in [0.4, 0.5) is 0 Å². The summed E-state index contributed by atoms with van der Waals surface area (Å²) < 4.78 is 0. The van der Waals surface area contributed by atoms with Gasteiger partial charge < -0.3 is 15.3 Å². The van der Waals surface area contributed by atoms with E-state index in [4.69, 9.17) is 4.98 Å². The molecule has 0 radical (unpaired) electrons. The molecule has 2 aromatic heterocycles. The molecule has 4 aromatic rings. The Morgan fingerprint density at radius 2 is 1.94 bits per heavy atom. The molecular formula is C29H31N5O2. The number of piperazine rings is 1. The first kappa shape index (κ1) is 23.8. The van der Waals surface area contributed by atoms with Gasteiger partial charge in [-0.25, -0.2) is 4.98 Å². The first-order valence-corrected chi connectivity index (χ1v) is 12.6. The summed E-state index contributed by atoms with van der Waals surface area (Å²) in [4.78, 5) is 20.9. The minimum Gasteiger partial charge on any atom is -0.508 e. The highest BCUT2D eigenvalue weighted by molar-refractivity contribution is 6.09. The van der Waals surface area contributed by atoms with E-state index < -0.39 is 0 Å². The van der Waals surface area contributed by atoms with Gasteiger partial charge in [0.15, 0.2) is 5.65 Å². The van der Waals surface area contributed by atoms with Gasteiger partial charge in [-0.1, -0.05) is 56.2 Å². The number of nitrogens with one attached hydrogen (secondary N) is 2. The average Bonchev–Trinajstić information content (AvgIpc) is 3.34. The topological polar surface area (TPSA) is 94.1 Å². The summed E-state index contributed by atoms with van der Waals surface area (Å²) in [5, 5.41) is 21.5. The van der Waals surface area contributed by atoms with Gasteiger partial charge in [-0.2, -0.15) is 5.10 Å². The number of hydrogen-bond donors (Lipinski definition) is 3. The molecule has 1 saturated heterocycles. The number of phenolic OH excluding ortho intramolecular Hbond substituents is 1. The van der Waals surface area contributed by atoms with Crippen LogP contribution < -0.4 is 5.32 Å². The van der Waals surface area contributed by atoms with E-state index in [2.05, 4.69) is 22.4 Å². The predicted octanol–water partition coefficient (Wildman–Crippen LogP) is 5.11. The number of carbonyl (C=O) groups excluding carboxylic acids is 1. The van der Waals surface area contributed by atoms with Gasteiger partial charge in [-0.3, -0.25) is 9.89 Å². The summed E-state index contributed by atoms with van der Waals surface area (Å²) in [7, 11) is 0. The van der Waals surface area contributed by atoms with E-state index in [9.17, 15) is 9.90 Å². The molecule has 0 bridgehead atoms. The van der Waals surface area contributed by atoms with E-state index >= 15 is 0 Å². The number of pyridine rings is 1. The van der Waals surface area contributed by atoms with Crippen LogP contribution in [-0.2, 0) is 0 Å². The highest BCUT2D eigenvalue weighted by atomic mass is 16.3. The maximum Gasteiger partial charge on any atom is 0.255 e. The van der Waals surface area contributed by atoms with Crippen molar-refractivity contribution in [3.05, 3.63) is 77.5 Å². The zero-order valence-corrected chi connectivity index (χ0v) is 20.4. The van der Waals surface area contributed by atoms with Crippen LogP contribution in [0, 0.1) is 0 Å². The van der Waals surface area contributed by atoms with E-state index in [1.165, 1.54) is 0 Å². The number of phenols is 1. The molecule has 3 N–H and O–H groups in total. The number of unbranched alkanes of at least 4 members (excludes halogenated alkanes) is 1. The van der Waals surface area contributed by atoms with Crippen molar-refractivity contribution >= 4 is 29.1 Å². The van der Waals surface area contributed by atoms with Crippen molar-refractivity contribution < 1.29 is 9.90 Å². The fourth-order valence-corrected chi connectivity index (χ4v) is 4.74. The van der Waals surface area contributed by atoms with Crippen LogP contribution in [0.1, 0.15) is 47.8 Å². The molecule has 0 spiro atoms.